The Kier molecular flexibility index (Phi) is 2.88. The molecule has 22 heavy (non-hydrogen) atoms. The van der Waals surface area contributed by atoms with Gasteiger partial charge in [-0.2, -0.15) is 0 Å². The number of amides is 1. The van der Waals surface area contributed by atoms with Crippen LogP contribution in [0, 0.1) is 11.8 Å². The normalized spacial score (nSPS) is 27.3. The van der Waals surface area contributed by atoms with Crippen LogP contribution in [0.15, 0.2) is 27.4 Å². The largest absolute Gasteiger partial charge is 0.465 e. The maximum absolute atomic E-state index is 11.2. The second kappa shape index (κ2) is 4.79. The summed E-state index contributed by atoms with van der Waals surface area (Å²) >= 11 is 0. The Balaban J connectivity index is 1.44. The lowest BCUT2D eigenvalue weighted by atomic mass is 10.0. The first-order valence-electron chi connectivity index (χ1n) is 7.46. The number of nitrogens with one attached hydrogen (secondary N) is 2. The number of hydrogen-bond donors (Lipinski definition) is 3. The molecular formula is C15H17N3O4. The van der Waals surface area contributed by atoms with Crippen molar-refractivity contribution < 1.29 is 14.3 Å². The van der Waals surface area contributed by atoms with Crippen molar-refractivity contribution >= 4 is 22.9 Å². The van der Waals surface area contributed by atoms with Gasteiger partial charge >= 0.3 is 11.8 Å². The SMILES string of the molecule is O=C(O)N1CC2CC(Nc3ccc4[nH]c(=O)oc4c3)CC2C1. The number of benzene rings is 1. The molecule has 1 amide bonds. The van der Waals surface area contributed by atoms with Gasteiger partial charge in [0.2, 0.25) is 0 Å². The third-order valence-electron chi connectivity index (χ3n) is 4.81. The Hall–Kier alpha value is -2.44. The number of nitrogens with zero attached hydrogens (tertiary/aromatic N) is 1. The van der Waals surface area contributed by atoms with Gasteiger partial charge in [-0.3, -0.25) is 4.98 Å². The molecule has 7 heteroatoms. The Bertz CT molecular complexity index is 766. The van der Waals surface area contributed by atoms with Crippen molar-refractivity contribution in [2.45, 2.75) is 18.9 Å². The van der Waals surface area contributed by atoms with Crippen LogP contribution in [-0.4, -0.2) is 40.2 Å². The highest BCUT2D eigenvalue weighted by atomic mass is 16.4. The highest BCUT2D eigenvalue weighted by molar-refractivity contribution is 5.76. The molecule has 0 bridgehead atoms. The van der Waals surface area contributed by atoms with Crippen LogP contribution in [0.4, 0.5) is 10.5 Å². The van der Waals surface area contributed by atoms with Crippen LogP contribution >= 0.6 is 0 Å². The van der Waals surface area contributed by atoms with Crippen LogP contribution in [0.5, 0.6) is 0 Å². The zero-order chi connectivity index (χ0) is 15.3. The molecule has 0 radical (unpaired) electrons. The molecule has 2 heterocycles. The molecule has 116 valence electrons. The molecular weight excluding hydrogens is 286 g/mol. The van der Waals surface area contributed by atoms with Crippen molar-refractivity contribution in [1.82, 2.24) is 9.88 Å². The van der Waals surface area contributed by atoms with Gasteiger partial charge in [-0.1, -0.05) is 0 Å². The minimum atomic E-state index is -0.813. The average molecular weight is 303 g/mol. The van der Waals surface area contributed by atoms with Gasteiger partial charge in [-0.05, 0) is 36.8 Å². The van der Waals surface area contributed by atoms with Crippen molar-refractivity contribution in [2.24, 2.45) is 11.8 Å². The molecule has 0 spiro atoms. The van der Waals surface area contributed by atoms with Crippen molar-refractivity contribution in [3.8, 4) is 0 Å². The number of aromatic amines is 1. The molecule has 4 rings (SSSR count). The highest BCUT2D eigenvalue weighted by Crippen LogP contribution is 2.39. The van der Waals surface area contributed by atoms with Crippen LogP contribution in [0.3, 0.4) is 0 Å². The van der Waals surface area contributed by atoms with Crippen LogP contribution in [-0.2, 0) is 0 Å². The van der Waals surface area contributed by atoms with Crippen molar-refractivity contribution in [2.75, 3.05) is 18.4 Å². The summed E-state index contributed by atoms with van der Waals surface area (Å²) < 4.78 is 5.06. The molecule has 2 fully saturated rings. The molecule has 2 aromatic rings. The number of carboxylic acid groups (broad SMARTS) is 1. The van der Waals surface area contributed by atoms with Gasteiger partial charge in [0, 0.05) is 30.9 Å². The van der Waals surface area contributed by atoms with Crippen molar-refractivity contribution in [3.05, 3.63) is 28.7 Å². The maximum Gasteiger partial charge on any atom is 0.417 e. The molecule has 1 saturated heterocycles. The first-order chi connectivity index (χ1) is 10.6. The number of oxazole rings is 1. The van der Waals surface area contributed by atoms with Crippen LogP contribution in [0.25, 0.3) is 11.1 Å². The molecule has 2 unspecified atom stereocenters. The predicted molar refractivity (Wildman–Crippen MR) is 80.1 cm³/mol. The number of fused-ring (bicyclic) bond motifs is 2. The molecule has 1 aliphatic heterocycles. The third-order valence-corrected chi connectivity index (χ3v) is 4.81. The van der Waals surface area contributed by atoms with E-state index in [1.807, 2.05) is 18.2 Å². The molecule has 3 N–H and O–H groups in total. The van der Waals surface area contributed by atoms with Crippen LogP contribution < -0.4 is 11.1 Å². The van der Waals surface area contributed by atoms with Gasteiger partial charge in [-0.15, -0.1) is 0 Å². The summed E-state index contributed by atoms with van der Waals surface area (Å²) in [5, 5.41) is 12.5. The van der Waals surface area contributed by atoms with Gasteiger partial charge in [0.05, 0.1) is 5.52 Å². The minimum absolute atomic E-state index is 0.342. The summed E-state index contributed by atoms with van der Waals surface area (Å²) in [7, 11) is 0. The number of carbonyl (C=O) groups is 1. The van der Waals surface area contributed by atoms with E-state index in [4.69, 9.17) is 9.52 Å². The lowest BCUT2D eigenvalue weighted by molar-refractivity contribution is 0.152. The van der Waals surface area contributed by atoms with E-state index in [0.29, 0.717) is 42.1 Å². The summed E-state index contributed by atoms with van der Waals surface area (Å²) in [5.41, 5.74) is 2.16. The summed E-state index contributed by atoms with van der Waals surface area (Å²) in [6.45, 7) is 1.29. The van der Waals surface area contributed by atoms with Crippen molar-refractivity contribution in [1.29, 1.82) is 0 Å². The summed E-state index contributed by atoms with van der Waals surface area (Å²) in [6, 6.07) is 5.91. The molecule has 1 aliphatic carbocycles. The van der Waals surface area contributed by atoms with Crippen LogP contribution in [0.2, 0.25) is 0 Å². The van der Waals surface area contributed by atoms with E-state index in [1.165, 1.54) is 4.90 Å². The molecule has 1 aromatic heterocycles. The standard InChI is InChI=1S/C15H17N3O4/c19-14-17-12-2-1-10(5-13(12)22-14)16-11-3-8-6-18(15(20)21)7-9(8)4-11/h1-2,5,8-9,11,16H,3-4,6-7H2,(H,17,19)(H,20,21). The number of rotatable bonds is 2. The Morgan fingerprint density at radius 3 is 2.73 bits per heavy atom. The monoisotopic (exact) mass is 303 g/mol. The molecule has 1 aromatic carbocycles. The zero-order valence-corrected chi connectivity index (χ0v) is 11.9. The molecule has 1 saturated carbocycles. The number of hydrogen-bond acceptors (Lipinski definition) is 4. The Labute approximate surface area is 125 Å². The van der Waals surface area contributed by atoms with Gasteiger partial charge in [-0.25, -0.2) is 9.59 Å². The molecule has 2 atom stereocenters. The van der Waals surface area contributed by atoms with E-state index >= 15 is 0 Å². The lowest BCUT2D eigenvalue weighted by Gasteiger charge is -2.18. The fourth-order valence-corrected chi connectivity index (χ4v) is 3.84. The second-order valence-corrected chi connectivity index (χ2v) is 6.25. The lowest BCUT2D eigenvalue weighted by Crippen LogP contribution is -2.29. The van der Waals surface area contributed by atoms with Crippen molar-refractivity contribution in [3.63, 3.8) is 0 Å². The van der Waals surface area contributed by atoms with Gasteiger partial charge in [0.25, 0.3) is 0 Å². The quantitative estimate of drug-likeness (QED) is 0.787. The Morgan fingerprint density at radius 1 is 1.32 bits per heavy atom. The Morgan fingerprint density at radius 2 is 2.05 bits per heavy atom. The van der Waals surface area contributed by atoms with E-state index in [9.17, 15) is 9.59 Å². The van der Waals surface area contributed by atoms with Crippen LogP contribution in [0.1, 0.15) is 12.8 Å². The predicted octanol–water partition coefficient (Wildman–Crippen LogP) is 1.92. The summed E-state index contributed by atoms with van der Waals surface area (Å²) in [6.07, 6.45) is 1.14. The second-order valence-electron chi connectivity index (χ2n) is 6.25. The smallest absolute Gasteiger partial charge is 0.417 e. The summed E-state index contributed by atoms with van der Waals surface area (Å²) in [4.78, 5) is 26.3. The molecule has 2 aliphatic rings. The van der Waals surface area contributed by atoms with Gasteiger partial charge in [0.15, 0.2) is 5.58 Å². The van der Waals surface area contributed by atoms with E-state index in [1.54, 1.807) is 0 Å². The zero-order valence-electron chi connectivity index (χ0n) is 11.9. The highest BCUT2D eigenvalue weighted by Gasteiger charge is 2.42. The number of likely N-dealkylation sites (tertiary alicyclic amines) is 1. The third kappa shape index (κ3) is 2.22. The van der Waals surface area contributed by atoms with Gasteiger partial charge in [0.1, 0.15) is 0 Å². The topological polar surface area (TPSA) is 98.6 Å². The fourth-order valence-electron chi connectivity index (χ4n) is 3.84. The number of aromatic nitrogens is 1. The minimum Gasteiger partial charge on any atom is -0.465 e. The first kappa shape index (κ1) is 13.2. The van der Waals surface area contributed by atoms with E-state index in [2.05, 4.69) is 10.3 Å². The first-order valence-corrected chi connectivity index (χ1v) is 7.46. The average Bonchev–Trinajstić information content (AvgIpc) is 3.09. The number of anilines is 1. The molecule has 7 nitrogen and oxygen atoms in total. The van der Waals surface area contributed by atoms with E-state index in [0.717, 1.165) is 18.5 Å². The summed E-state index contributed by atoms with van der Waals surface area (Å²) in [5.74, 6) is 0.446. The fraction of sp³-hybridized carbons (Fsp3) is 0.467. The maximum atomic E-state index is 11.2. The van der Waals surface area contributed by atoms with E-state index < -0.39 is 11.8 Å². The van der Waals surface area contributed by atoms with Gasteiger partial charge < -0.3 is 19.7 Å². The number of H-pyrrole nitrogens is 1. The van der Waals surface area contributed by atoms with E-state index in [-0.39, 0.29) is 0 Å².